The van der Waals surface area contributed by atoms with Crippen LogP contribution in [0.1, 0.15) is 24.2 Å². The Bertz CT molecular complexity index is 329. The first-order valence-electron chi connectivity index (χ1n) is 4.94. The Hall–Kier alpha value is -1.43. The fraction of sp³-hybridized carbons (Fsp3) is 0.364. The molecule has 0 aliphatic rings. The summed E-state index contributed by atoms with van der Waals surface area (Å²) in [6.07, 6.45) is -2.15. The van der Waals surface area contributed by atoms with Gasteiger partial charge in [-0.15, -0.1) is 0 Å². The fourth-order valence-electron chi connectivity index (χ4n) is 1.19. The highest BCUT2D eigenvalue weighted by Gasteiger charge is 2.21. The van der Waals surface area contributed by atoms with Crippen LogP contribution in [-0.4, -0.2) is 33.7 Å². The molecule has 16 heavy (non-hydrogen) atoms. The standard InChI is InChI=1S/C11H15NO4/c1-8(13)12(9(2)14)16-11(15)10-6-4-3-5-7-10/h3-9,13-14H,1-2H3. The van der Waals surface area contributed by atoms with Gasteiger partial charge in [0.05, 0.1) is 5.56 Å². The maximum atomic E-state index is 11.6. The number of aliphatic hydroxyl groups is 2. The molecule has 1 rings (SSSR count). The molecule has 2 N–H and O–H groups in total. The van der Waals surface area contributed by atoms with Crippen LogP contribution in [-0.2, 0) is 4.84 Å². The van der Waals surface area contributed by atoms with Crippen LogP contribution >= 0.6 is 0 Å². The highest BCUT2D eigenvalue weighted by molar-refractivity contribution is 5.89. The predicted octanol–water partition coefficient (Wildman–Crippen LogP) is 0.737. The molecule has 0 fully saturated rings. The maximum absolute atomic E-state index is 11.6. The third kappa shape index (κ3) is 3.30. The number of nitrogens with zero attached hydrogens (tertiary/aromatic N) is 1. The zero-order valence-corrected chi connectivity index (χ0v) is 9.20. The summed E-state index contributed by atoms with van der Waals surface area (Å²) in [6, 6.07) is 8.35. The molecule has 0 heterocycles. The van der Waals surface area contributed by atoms with Gasteiger partial charge < -0.3 is 15.1 Å². The lowest BCUT2D eigenvalue weighted by Crippen LogP contribution is -2.41. The van der Waals surface area contributed by atoms with E-state index in [0.29, 0.717) is 5.56 Å². The molecule has 0 bridgehead atoms. The molecular weight excluding hydrogens is 210 g/mol. The predicted molar refractivity (Wildman–Crippen MR) is 57.1 cm³/mol. The number of carbonyl (C=O) groups is 1. The minimum absolute atomic E-state index is 0.355. The van der Waals surface area contributed by atoms with Crippen LogP contribution in [0.25, 0.3) is 0 Å². The summed E-state index contributed by atoms with van der Waals surface area (Å²) in [5.74, 6) is -0.623. The second-order valence-corrected chi connectivity index (χ2v) is 3.37. The van der Waals surface area contributed by atoms with E-state index >= 15 is 0 Å². The van der Waals surface area contributed by atoms with Gasteiger partial charge in [0.1, 0.15) is 12.5 Å². The molecule has 1 aromatic rings. The monoisotopic (exact) mass is 225 g/mol. The van der Waals surface area contributed by atoms with Crippen molar-refractivity contribution in [3.05, 3.63) is 35.9 Å². The van der Waals surface area contributed by atoms with Gasteiger partial charge in [0.25, 0.3) is 0 Å². The second-order valence-electron chi connectivity index (χ2n) is 3.37. The normalized spacial score (nSPS) is 14.6. The minimum atomic E-state index is -1.08. The molecule has 0 saturated heterocycles. The molecule has 2 atom stereocenters. The zero-order valence-electron chi connectivity index (χ0n) is 9.20. The second kappa shape index (κ2) is 5.60. The molecule has 5 heteroatoms. The van der Waals surface area contributed by atoms with Crippen LogP contribution < -0.4 is 0 Å². The molecule has 0 amide bonds. The van der Waals surface area contributed by atoms with Gasteiger partial charge in [0.15, 0.2) is 0 Å². The average Bonchev–Trinajstić information content (AvgIpc) is 2.25. The van der Waals surface area contributed by atoms with E-state index in [1.54, 1.807) is 30.3 Å². The van der Waals surface area contributed by atoms with Crippen LogP contribution in [0.3, 0.4) is 0 Å². The molecule has 0 saturated carbocycles. The summed E-state index contributed by atoms with van der Waals surface area (Å²) in [5, 5.41) is 19.3. The average molecular weight is 225 g/mol. The van der Waals surface area contributed by atoms with Crippen molar-refractivity contribution in [3.8, 4) is 0 Å². The zero-order chi connectivity index (χ0) is 12.1. The Morgan fingerprint density at radius 2 is 1.69 bits per heavy atom. The highest BCUT2D eigenvalue weighted by Crippen LogP contribution is 2.07. The highest BCUT2D eigenvalue weighted by atomic mass is 16.7. The van der Waals surface area contributed by atoms with E-state index in [2.05, 4.69) is 0 Å². The molecule has 5 nitrogen and oxygen atoms in total. The Balaban J connectivity index is 2.70. The number of hydrogen-bond acceptors (Lipinski definition) is 5. The van der Waals surface area contributed by atoms with Crippen molar-refractivity contribution in [3.63, 3.8) is 0 Å². The maximum Gasteiger partial charge on any atom is 0.357 e. The van der Waals surface area contributed by atoms with Crippen molar-refractivity contribution >= 4 is 5.97 Å². The summed E-state index contributed by atoms with van der Waals surface area (Å²) in [6.45, 7) is 2.79. The van der Waals surface area contributed by atoms with E-state index in [9.17, 15) is 15.0 Å². The third-order valence-electron chi connectivity index (χ3n) is 1.93. The Morgan fingerprint density at radius 1 is 1.19 bits per heavy atom. The summed E-state index contributed by atoms with van der Waals surface area (Å²) < 4.78 is 0. The van der Waals surface area contributed by atoms with E-state index < -0.39 is 18.4 Å². The van der Waals surface area contributed by atoms with E-state index in [4.69, 9.17) is 4.84 Å². The smallest absolute Gasteiger partial charge is 0.357 e. The van der Waals surface area contributed by atoms with Crippen molar-refractivity contribution < 1.29 is 19.8 Å². The molecule has 0 aliphatic carbocycles. The van der Waals surface area contributed by atoms with Crippen molar-refractivity contribution in [2.24, 2.45) is 0 Å². The number of rotatable bonds is 4. The molecule has 0 radical (unpaired) electrons. The van der Waals surface area contributed by atoms with Gasteiger partial charge in [-0.1, -0.05) is 23.3 Å². The summed E-state index contributed by atoms with van der Waals surface area (Å²) >= 11 is 0. The first kappa shape index (κ1) is 12.6. The third-order valence-corrected chi connectivity index (χ3v) is 1.93. The molecule has 88 valence electrons. The van der Waals surface area contributed by atoms with E-state index in [0.717, 1.165) is 5.06 Å². The molecule has 0 aliphatic heterocycles. The van der Waals surface area contributed by atoms with Crippen LogP contribution in [0.2, 0.25) is 0 Å². The number of hydroxylamine groups is 2. The SMILES string of the molecule is CC(O)N(OC(=O)c1ccccc1)C(C)O. The van der Waals surface area contributed by atoms with Crippen LogP contribution in [0, 0.1) is 0 Å². The Morgan fingerprint density at radius 3 is 2.12 bits per heavy atom. The van der Waals surface area contributed by atoms with E-state index in [1.807, 2.05) is 0 Å². The summed E-state index contributed by atoms with van der Waals surface area (Å²) in [7, 11) is 0. The van der Waals surface area contributed by atoms with Gasteiger partial charge in [-0.05, 0) is 26.0 Å². The van der Waals surface area contributed by atoms with Crippen molar-refractivity contribution in [1.82, 2.24) is 5.06 Å². The lowest BCUT2D eigenvalue weighted by atomic mass is 10.2. The van der Waals surface area contributed by atoms with Crippen LogP contribution in [0.4, 0.5) is 0 Å². The van der Waals surface area contributed by atoms with Gasteiger partial charge in [-0.3, -0.25) is 0 Å². The number of carbonyl (C=O) groups excluding carboxylic acids is 1. The number of benzene rings is 1. The van der Waals surface area contributed by atoms with Crippen molar-refractivity contribution in [1.29, 1.82) is 0 Å². The van der Waals surface area contributed by atoms with Crippen molar-refractivity contribution in [2.45, 2.75) is 26.3 Å². The lowest BCUT2D eigenvalue weighted by molar-refractivity contribution is -0.256. The molecular formula is C11H15NO4. The van der Waals surface area contributed by atoms with Gasteiger partial charge >= 0.3 is 5.97 Å². The van der Waals surface area contributed by atoms with Gasteiger partial charge in [0, 0.05) is 0 Å². The molecule has 0 aromatic heterocycles. The van der Waals surface area contributed by atoms with Gasteiger partial charge in [0.2, 0.25) is 0 Å². The van der Waals surface area contributed by atoms with Crippen molar-refractivity contribution in [2.75, 3.05) is 0 Å². The Labute approximate surface area is 93.8 Å². The minimum Gasteiger partial charge on any atom is -0.375 e. The topological polar surface area (TPSA) is 70.0 Å². The van der Waals surface area contributed by atoms with Crippen LogP contribution in [0.15, 0.2) is 30.3 Å². The summed E-state index contributed by atoms with van der Waals surface area (Å²) in [5.41, 5.74) is 0.355. The van der Waals surface area contributed by atoms with Crippen LogP contribution in [0.5, 0.6) is 0 Å². The largest absolute Gasteiger partial charge is 0.375 e. The number of hydrogen-bond donors (Lipinski definition) is 2. The molecule has 2 unspecified atom stereocenters. The van der Waals surface area contributed by atoms with E-state index in [-0.39, 0.29) is 0 Å². The van der Waals surface area contributed by atoms with E-state index in [1.165, 1.54) is 13.8 Å². The lowest BCUT2D eigenvalue weighted by Gasteiger charge is -2.25. The van der Waals surface area contributed by atoms with Gasteiger partial charge in [-0.2, -0.15) is 0 Å². The summed E-state index contributed by atoms with van der Waals surface area (Å²) in [4.78, 5) is 16.4. The quantitative estimate of drug-likeness (QED) is 0.584. The van der Waals surface area contributed by atoms with Gasteiger partial charge in [-0.25, -0.2) is 4.79 Å². The fourth-order valence-corrected chi connectivity index (χ4v) is 1.19. The molecule has 0 spiro atoms. The number of aliphatic hydroxyl groups excluding tert-OH is 2. The first-order chi connectivity index (χ1) is 7.52. The molecule has 1 aromatic carbocycles. The first-order valence-corrected chi connectivity index (χ1v) is 4.94. The Kier molecular flexibility index (Phi) is 4.42.